The zero-order valence-electron chi connectivity index (χ0n) is 11.4. The normalized spacial score (nSPS) is 18.3. The Labute approximate surface area is 115 Å². The van der Waals surface area contributed by atoms with Crippen LogP contribution >= 0.6 is 0 Å². The third-order valence-corrected chi connectivity index (χ3v) is 4.15. The molecule has 2 aromatic rings. The Kier molecular flexibility index (Phi) is 3.69. The van der Waals surface area contributed by atoms with Gasteiger partial charge < -0.3 is 10.3 Å². The lowest BCUT2D eigenvalue weighted by molar-refractivity contribution is 0.531. The molecule has 0 spiro atoms. The van der Waals surface area contributed by atoms with Crippen molar-refractivity contribution in [3.05, 3.63) is 59.4 Å². The Balaban J connectivity index is 1.62. The predicted molar refractivity (Wildman–Crippen MR) is 79.1 cm³/mol. The number of nitrogens with two attached hydrogens (primary N) is 1. The van der Waals surface area contributed by atoms with Crippen LogP contribution < -0.4 is 5.73 Å². The molecule has 0 aliphatic heterocycles. The molecule has 1 aromatic carbocycles. The quantitative estimate of drug-likeness (QED) is 0.890. The van der Waals surface area contributed by atoms with Crippen LogP contribution in [0.4, 0.5) is 0 Å². The maximum Gasteiger partial charge on any atom is 0.0312 e. The molecule has 19 heavy (non-hydrogen) atoms. The van der Waals surface area contributed by atoms with E-state index in [1.807, 2.05) is 0 Å². The Morgan fingerprint density at radius 2 is 2.00 bits per heavy atom. The van der Waals surface area contributed by atoms with Gasteiger partial charge in [0.25, 0.3) is 0 Å². The molecule has 1 heterocycles. The molecule has 100 valence electrons. The largest absolute Gasteiger partial charge is 0.351 e. The summed E-state index contributed by atoms with van der Waals surface area (Å²) in [4.78, 5) is 0. The molecule has 0 fully saturated rings. The topological polar surface area (TPSA) is 30.9 Å². The van der Waals surface area contributed by atoms with E-state index in [1.54, 1.807) is 0 Å². The Morgan fingerprint density at radius 1 is 1.16 bits per heavy atom. The molecule has 1 unspecified atom stereocenters. The van der Waals surface area contributed by atoms with E-state index in [9.17, 15) is 0 Å². The van der Waals surface area contributed by atoms with Gasteiger partial charge in [0.05, 0.1) is 0 Å². The predicted octanol–water partition coefficient (Wildman–Crippen LogP) is 3.46. The van der Waals surface area contributed by atoms with E-state index < -0.39 is 0 Å². The monoisotopic (exact) mass is 254 g/mol. The smallest absolute Gasteiger partial charge is 0.0312 e. The molecule has 0 radical (unpaired) electrons. The van der Waals surface area contributed by atoms with Crippen molar-refractivity contribution in [1.29, 1.82) is 0 Å². The molecule has 1 aliphatic carbocycles. The average molecular weight is 254 g/mol. The number of aryl methyl sites for hydroxylation is 2. The second kappa shape index (κ2) is 5.62. The number of nitrogens with zero attached hydrogens (tertiary/aromatic N) is 1. The van der Waals surface area contributed by atoms with E-state index in [1.165, 1.54) is 36.1 Å². The zero-order chi connectivity index (χ0) is 13.1. The number of rotatable bonds is 4. The van der Waals surface area contributed by atoms with Gasteiger partial charge in [-0.25, -0.2) is 0 Å². The van der Waals surface area contributed by atoms with Gasteiger partial charge in [0.2, 0.25) is 0 Å². The maximum atomic E-state index is 6.17. The van der Waals surface area contributed by atoms with Crippen molar-refractivity contribution in [2.75, 3.05) is 0 Å². The number of fused-ring (bicyclic) bond motifs is 1. The minimum absolute atomic E-state index is 0.263. The van der Waals surface area contributed by atoms with E-state index in [0.29, 0.717) is 0 Å². The van der Waals surface area contributed by atoms with Crippen molar-refractivity contribution in [2.45, 2.75) is 44.7 Å². The third-order valence-electron chi connectivity index (χ3n) is 4.15. The zero-order valence-corrected chi connectivity index (χ0v) is 11.4. The summed E-state index contributed by atoms with van der Waals surface area (Å²) >= 11 is 0. The van der Waals surface area contributed by atoms with E-state index in [2.05, 4.69) is 47.2 Å². The first-order chi connectivity index (χ1) is 9.34. The van der Waals surface area contributed by atoms with E-state index >= 15 is 0 Å². The lowest BCUT2D eigenvalue weighted by atomic mass is 9.93. The summed E-state index contributed by atoms with van der Waals surface area (Å²) in [5.41, 5.74) is 10.5. The molecule has 0 saturated heterocycles. The van der Waals surface area contributed by atoms with Gasteiger partial charge in [0, 0.05) is 24.5 Å². The molecule has 0 saturated carbocycles. The molecule has 2 heteroatoms. The Morgan fingerprint density at radius 3 is 2.84 bits per heavy atom. The van der Waals surface area contributed by atoms with Gasteiger partial charge >= 0.3 is 0 Å². The maximum absolute atomic E-state index is 6.17. The summed E-state index contributed by atoms with van der Waals surface area (Å²) in [5.74, 6) is 0. The first kappa shape index (κ1) is 12.5. The summed E-state index contributed by atoms with van der Waals surface area (Å²) in [7, 11) is 0. The lowest BCUT2D eigenvalue weighted by Crippen LogP contribution is -2.18. The van der Waals surface area contributed by atoms with E-state index in [-0.39, 0.29) is 6.04 Å². The fraction of sp³-hybridized carbons (Fsp3) is 0.412. The van der Waals surface area contributed by atoms with Crippen molar-refractivity contribution in [2.24, 2.45) is 5.73 Å². The second-order valence-corrected chi connectivity index (χ2v) is 5.50. The van der Waals surface area contributed by atoms with E-state index in [4.69, 9.17) is 5.73 Å². The number of hydrogen-bond acceptors (Lipinski definition) is 1. The lowest BCUT2D eigenvalue weighted by Gasteiger charge is -2.21. The first-order valence-electron chi connectivity index (χ1n) is 7.32. The molecule has 3 rings (SSSR count). The van der Waals surface area contributed by atoms with Gasteiger partial charge in [-0.2, -0.15) is 0 Å². The van der Waals surface area contributed by atoms with Gasteiger partial charge in [-0.05, 0) is 49.3 Å². The molecule has 2 N–H and O–H groups in total. The molecular formula is C17H22N2. The highest BCUT2D eigenvalue weighted by Gasteiger charge is 2.19. The first-order valence-corrected chi connectivity index (χ1v) is 7.32. The standard InChI is InChI=1S/C17H22N2/c18-16-9-4-10-17-15(16)11-13-19(17)12-5-8-14-6-2-1-3-7-14/h1-3,6-7,11,13,16H,4-5,8-10,12,18H2. The van der Waals surface area contributed by atoms with Crippen LogP contribution in [0, 0.1) is 0 Å². The van der Waals surface area contributed by atoms with Crippen LogP contribution in [0.1, 0.15) is 42.1 Å². The fourth-order valence-corrected chi connectivity index (χ4v) is 3.10. The Bertz CT molecular complexity index is 527. The highest BCUT2D eigenvalue weighted by atomic mass is 15.0. The summed E-state index contributed by atoms with van der Waals surface area (Å²) in [6.45, 7) is 1.11. The Hall–Kier alpha value is -1.54. The molecule has 1 aromatic heterocycles. The van der Waals surface area contributed by atoms with Gasteiger partial charge in [-0.3, -0.25) is 0 Å². The van der Waals surface area contributed by atoms with Gasteiger partial charge in [-0.1, -0.05) is 30.3 Å². The van der Waals surface area contributed by atoms with Gasteiger partial charge in [-0.15, -0.1) is 0 Å². The van der Waals surface area contributed by atoms with Crippen molar-refractivity contribution in [3.8, 4) is 0 Å². The molecule has 0 amide bonds. The highest BCUT2D eigenvalue weighted by Crippen LogP contribution is 2.28. The van der Waals surface area contributed by atoms with Crippen molar-refractivity contribution >= 4 is 0 Å². The minimum atomic E-state index is 0.263. The van der Waals surface area contributed by atoms with Gasteiger partial charge in [0.15, 0.2) is 0 Å². The van der Waals surface area contributed by atoms with Gasteiger partial charge in [0.1, 0.15) is 0 Å². The van der Waals surface area contributed by atoms with Crippen LogP contribution in [0.15, 0.2) is 42.6 Å². The summed E-state index contributed by atoms with van der Waals surface area (Å²) < 4.78 is 2.41. The summed E-state index contributed by atoms with van der Waals surface area (Å²) in [6, 6.07) is 13.2. The van der Waals surface area contributed by atoms with Crippen LogP contribution in [0.25, 0.3) is 0 Å². The fourth-order valence-electron chi connectivity index (χ4n) is 3.10. The molecule has 2 nitrogen and oxygen atoms in total. The van der Waals surface area contributed by atoms with Crippen LogP contribution in [0.5, 0.6) is 0 Å². The average Bonchev–Trinajstić information content (AvgIpc) is 2.85. The number of hydrogen-bond donors (Lipinski definition) is 1. The van der Waals surface area contributed by atoms with Crippen molar-refractivity contribution < 1.29 is 0 Å². The van der Waals surface area contributed by atoms with Crippen molar-refractivity contribution in [3.63, 3.8) is 0 Å². The SMILES string of the molecule is NC1CCCc2c1ccn2CCCc1ccccc1. The number of aromatic nitrogens is 1. The highest BCUT2D eigenvalue weighted by molar-refractivity contribution is 5.28. The minimum Gasteiger partial charge on any atom is -0.351 e. The third kappa shape index (κ3) is 2.74. The van der Waals surface area contributed by atoms with Crippen molar-refractivity contribution in [1.82, 2.24) is 4.57 Å². The van der Waals surface area contributed by atoms with Crippen LogP contribution in [-0.2, 0) is 19.4 Å². The van der Waals surface area contributed by atoms with E-state index in [0.717, 1.165) is 19.4 Å². The molecular weight excluding hydrogens is 232 g/mol. The summed E-state index contributed by atoms with van der Waals surface area (Å²) in [5, 5.41) is 0. The number of benzene rings is 1. The van der Waals surface area contributed by atoms with Crippen LogP contribution in [0.2, 0.25) is 0 Å². The molecule has 1 aliphatic rings. The second-order valence-electron chi connectivity index (χ2n) is 5.50. The summed E-state index contributed by atoms with van der Waals surface area (Å²) in [6.07, 6.45) is 8.14. The molecule has 0 bridgehead atoms. The van der Waals surface area contributed by atoms with Crippen LogP contribution in [-0.4, -0.2) is 4.57 Å². The van der Waals surface area contributed by atoms with Crippen LogP contribution in [0.3, 0.4) is 0 Å². The molecule has 1 atom stereocenters.